The maximum atomic E-state index is 3.38. The zero-order valence-electron chi connectivity index (χ0n) is 8.03. The summed E-state index contributed by atoms with van der Waals surface area (Å²) in [4.78, 5) is 3.04. The lowest BCUT2D eigenvalue weighted by molar-refractivity contribution is 0.694. The summed E-state index contributed by atoms with van der Waals surface area (Å²) in [6.07, 6.45) is 3.96. The minimum absolute atomic E-state index is 0.915. The van der Waals surface area contributed by atoms with Crippen molar-refractivity contribution in [2.24, 2.45) is 0 Å². The highest BCUT2D eigenvalue weighted by molar-refractivity contribution is 5.14. The Labute approximate surface area is 84.0 Å². The molecule has 0 saturated heterocycles. The summed E-state index contributed by atoms with van der Waals surface area (Å²) in [5.41, 5.74) is 2.61. The summed E-state index contributed by atoms with van der Waals surface area (Å²) in [5.74, 6) is 0. The highest BCUT2D eigenvalue weighted by Gasteiger charge is 1.92. The van der Waals surface area contributed by atoms with Crippen LogP contribution < -0.4 is 5.32 Å². The van der Waals surface area contributed by atoms with Crippen molar-refractivity contribution in [1.29, 1.82) is 0 Å². The zero-order valence-corrected chi connectivity index (χ0v) is 8.03. The number of rotatable bonds is 4. The molecular formula is C12H14N2. The van der Waals surface area contributed by atoms with Crippen LogP contribution in [0.25, 0.3) is 0 Å². The lowest BCUT2D eigenvalue weighted by Gasteiger charge is -2.02. The molecule has 14 heavy (non-hydrogen) atoms. The lowest BCUT2D eigenvalue weighted by Crippen LogP contribution is -2.11. The molecule has 0 aliphatic rings. The third kappa shape index (κ3) is 2.47. The Morgan fingerprint density at radius 2 is 1.71 bits per heavy atom. The average molecular weight is 186 g/mol. The van der Waals surface area contributed by atoms with E-state index >= 15 is 0 Å². The molecule has 0 aliphatic carbocycles. The second kappa shape index (κ2) is 4.63. The zero-order chi connectivity index (χ0) is 9.64. The molecule has 1 aromatic carbocycles. The van der Waals surface area contributed by atoms with Crippen LogP contribution in [0.4, 0.5) is 0 Å². The highest BCUT2D eigenvalue weighted by Crippen LogP contribution is 1.99. The minimum Gasteiger partial charge on any atom is -0.367 e. The van der Waals surface area contributed by atoms with Crippen LogP contribution in [0.1, 0.15) is 11.1 Å². The second-order valence-electron chi connectivity index (χ2n) is 3.31. The van der Waals surface area contributed by atoms with Gasteiger partial charge in [-0.2, -0.15) is 0 Å². The van der Waals surface area contributed by atoms with Gasteiger partial charge in [-0.25, -0.2) is 0 Å². The maximum absolute atomic E-state index is 3.38. The quantitative estimate of drug-likeness (QED) is 0.753. The fourth-order valence-electron chi connectivity index (χ4n) is 1.42. The van der Waals surface area contributed by atoms with Crippen molar-refractivity contribution in [2.75, 3.05) is 0 Å². The Balaban J connectivity index is 1.79. The Bertz CT molecular complexity index is 351. The van der Waals surface area contributed by atoms with Gasteiger partial charge in [0.15, 0.2) is 0 Å². The van der Waals surface area contributed by atoms with Crippen molar-refractivity contribution in [2.45, 2.75) is 13.1 Å². The normalized spacial score (nSPS) is 10.3. The summed E-state index contributed by atoms with van der Waals surface area (Å²) < 4.78 is 0. The van der Waals surface area contributed by atoms with E-state index < -0.39 is 0 Å². The Kier molecular flexibility index (Phi) is 2.99. The highest BCUT2D eigenvalue weighted by atomic mass is 14.9. The van der Waals surface area contributed by atoms with E-state index in [1.54, 1.807) is 0 Å². The van der Waals surface area contributed by atoms with Gasteiger partial charge >= 0.3 is 0 Å². The molecule has 2 rings (SSSR count). The van der Waals surface area contributed by atoms with Crippen LogP contribution in [0.5, 0.6) is 0 Å². The van der Waals surface area contributed by atoms with E-state index in [1.165, 1.54) is 11.1 Å². The van der Waals surface area contributed by atoms with Gasteiger partial charge in [0.25, 0.3) is 0 Å². The van der Waals surface area contributed by atoms with Crippen molar-refractivity contribution >= 4 is 0 Å². The molecule has 0 spiro atoms. The molecule has 0 atom stereocenters. The third-order valence-corrected chi connectivity index (χ3v) is 2.16. The molecule has 2 N–H and O–H groups in total. The molecule has 1 aromatic heterocycles. The Hall–Kier alpha value is -1.54. The molecule has 72 valence electrons. The van der Waals surface area contributed by atoms with Gasteiger partial charge in [0.2, 0.25) is 0 Å². The van der Waals surface area contributed by atoms with Gasteiger partial charge in [-0.1, -0.05) is 30.3 Å². The largest absolute Gasteiger partial charge is 0.367 e. The molecule has 2 nitrogen and oxygen atoms in total. The van der Waals surface area contributed by atoms with Crippen molar-refractivity contribution in [3.8, 4) is 0 Å². The van der Waals surface area contributed by atoms with E-state index in [0.29, 0.717) is 0 Å². The summed E-state index contributed by atoms with van der Waals surface area (Å²) in [5, 5.41) is 3.38. The first-order valence-electron chi connectivity index (χ1n) is 4.81. The molecule has 0 bridgehead atoms. The lowest BCUT2D eigenvalue weighted by atomic mass is 10.2. The maximum Gasteiger partial charge on any atom is 0.0223 e. The predicted molar refractivity (Wildman–Crippen MR) is 57.8 cm³/mol. The topological polar surface area (TPSA) is 27.8 Å². The van der Waals surface area contributed by atoms with Crippen LogP contribution in [-0.2, 0) is 13.1 Å². The van der Waals surface area contributed by atoms with E-state index in [4.69, 9.17) is 0 Å². The van der Waals surface area contributed by atoms with Crippen LogP contribution in [0, 0.1) is 0 Å². The molecule has 0 unspecified atom stereocenters. The first-order valence-corrected chi connectivity index (χ1v) is 4.81. The second-order valence-corrected chi connectivity index (χ2v) is 3.31. The van der Waals surface area contributed by atoms with Gasteiger partial charge < -0.3 is 10.3 Å². The molecule has 0 fully saturated rings. The van der Waals surface area contributed by atoms with Gasteiger partial charge in [-0.15, -0.1) is 0 Å². The first-order chi connectivity index (χ1) is 6.95. The summed E-state index contributed by atoms with van der Waals surface area (Å²) in [7, 11) is 0. The fourth-order valence-corrected chi connectivity index (χ4v) is 1.42. The van der Waals surface area contributed by atoms with Crippen LogP contribution >= 0.6 is 0 Å². The van der Waals surface area contributed by atoms with E-state index in [2.05, 4.69) is 40.6 Å². The standard InChI is InChI=1S/C12H14N2/c1-2-4-11(5-3-1)8-14-10-12-6-7-13-9-12/h1-7,9,13-14H,8,10H2. The van der Waals surface area contributed by atoms with Crippen LogP contribution in [0.15, 0.2) is 48.8 Å². The smallest absolute Gasteiger partial charge is 0.0223 e. The average Bonchev–Trinajstić information content (AvgIpc) is 2.72. The van der Waals surface area contributed by atoms with Crippen molar-refractivity contribution in [3.05, 3.63) is 59.9 Å². The summed E-state index contributed by atoms with van der Waals surface area (Å²) >= 11 is 0. The molecule has 2 heteroatoms. The number of aromatic amines is 1. The number of H-pyrrole nitrogens is 1. The van der Waals surface area contributed by atoms with Gasteiger partial charge in [0, 0.05) is 25.5 Å². The van der Waals surface area contributed by atoms with Crippen molar-refractivity contribution in [1.82, 2.24) is 10.3 Å². The molecular weight excluding hydrogens is 172 g/mol. The summed E-state index contributed by atoms with van der Waals surface area (Å²) in [6, 6.07) is 12.5. The van der Waals surface area contributed by atoms with Crippen LogP contribution in [-0.4, -0.2) is 4.98 Å². The van der Waals surface area contributed by atoms with Crippen molar-refractivity contribution < 1.29 is 0 Å². The first kappa shape index (κ1) is 9.03. The SMILES string of the molecule is c1ccc(CNCc2cc[nH]c2)cc1. The van der Waals surface area contributed by atoms with E-state index in [1.807, 2.05) is 18.5 Å². The van der Waals surface area contributed by atoms with E-state index in [-0.39, 0.29) is 0 Å². The van der Waals surface area contributed by atoms with Gasteiger partial charge in [-0.05, 0) is 17.2 Å². The van der Waals surface area contributed by atoms with Gasteiger partial charge in [-0.3, -0.25) is 0 Å². The molecule has 2 aromatic rings. The Morgan fingerprint density at radius 3 is 2.43 bits per heavy atom. The number of hydrogen-bond acceptors (Lipinski definition) is 1. The van der Waals surface area contributed by atoms with Crippen molar-refractivity contribution in [3.63, 3.8) is 0 Å². The third-order valence-electron chi connectivity index (χ3n) is 2.16. The molecule has 0 saturated carbocycles. The van der Waals surface area contributed by atoms with Gasteiger partial charge in [0.05, 0.1) is 0 Å². The Morgan fingerprint density at radius 1 is 0.929 bits per heavy atom. The summed E-state index contributed by atoms with van der Waals surface area (Å²) in [6.45, 7) is 1.84. The minimum atomic E-state index is 0.915. The van der Waals surface area contributed by atoms with Crippen LogP contribution in [0.3, 0.4) is 0 Å². The molecule has 1 heterocycles. The molecule has 0 aliphatic heterocycles. The monoisotopic (exact) mass is 186 g/mol. The predicted octanol–water partition coefficient (Wildman–Crippen LogP) is 2.30. The number of benzene rings is 1. The molecule has 0 radical (unpaired) electrons. The number of hydrogen-bond donors (Lipinski definition) is 2. The number of aromatic nitrogens is 1. The van der Waals surface area contributed by atoms with Crippen LogP contribution in [0.2, 0.25) is 0 Å². The van der Waals surface area contributed by atoms with E-state index in [9.17, 15) is 0 Å². The number of nitrogens with one attached hydrogen (secondary N) is 2. The van der Waals surface area contributed by atoms with Gasteiger partial charge in [0.1, 0.15) is 0 Å². The van der Waals surface area contributed by atoms with E-state index in [0.717, 1.165) is 13.1 Å². The fraction of sp³-hybridized carbons (Fsp3) is 0.167. The molecule has 0 amide bonds.